The Morgan fingerprint density at radius 2 is 1.73 bits per heavy atom. The quantitative estimate of drug-likeness (QED) is 0.603. The Labute approximate surface area is 174 Å². The van der Waals surface area contributed by atoms with E-state index in [0.29, 0.717) is 17.0 Å². The predicted octanol–water partition coefficient (Wildman–Crippen LogP) is 2.99. The van der Waals surface area contributed by atoms with Crippen LogP contribution >= 0.6 is 0 Å². The van der Waals surface area contributed by atoms with Gasteiger partial charge in [-0.3, -0.25) is 14.4 Å². The van der Waals surface area contributed by atoms with Gasteiger partial charge >= 0.3 is 0 Å². The van der Waals surface area contributed by atoms with Crippen molar-refractivity contribution in [2.45, 2.75) is 13.5 Å². The molecule has 1 aromatic heterocycles. The molecule has 0 unspecified atom stereocenters. The highest BCUT2D eigenvalue weighted by molar-refractivity contribution is 5.98. The second kappa shape index (κ2) is 10.1. The molecule has 3 rings (SSSR count). The molecule has 0 spiro atoms. The van der Waals surface area contributed by atoms with Crippen molar-refractivity contribution in [2.24, 2.45) is 0 Å². The number of benzene rings is 2. The minimum absolute atomic E-state index is 0.142. The smallest absolute Gasteiger partial charge is 0.254 e. The summed E-state index contributed by atoms with van der Waals surface area (Å²) in [5.41, 5.74) is 2.15. The lowest BCUT2D eigenvalue weighted by Gasteiger charge is -2.21. The Morgan fingerprint density at radius 1 is 0.933 bits per heavy atom. The van der Waals surface area contributed by atoms with Gasteiger partial charge in [0.2, 0.25) is 11.8 Å². The number of carbonyl (C=O) groups is 3. The number of hydrogen-bond acceptors (Lipinski definition) is 4. The molecule has 2 N–H and O–H groups in total. The largest absolute Gasteiger partial charge is 0.467 e. The summed E-state index contributed by atoms with van der Waals surface area (Å²) in [6.07, 6.45) is 1.51. The Morgan fingerprint density at radius 3 is 2.43 bits per heavy atom. The van der Waals surface area contributed by atoms with Crippen LogP contribution in [-0.4, -0.2) is 35.7 Å². The zero-order valence-corrected chi connectivity index (χ0v) is 16.6. The van der Waals surface area contributed by atoms with Crippen molar-refractivity contribution in [1.82, 2.24) is 10.2 Å². The standard InChI is InChI=1S/C23H23N3O4/c1-17-7-5-10-19(13-17)25-21(27)14-24-22(28)16-26(15-20-11-6-12-30-20)23(29)18-8-3-2-4-9-18/h2-13H,14-16H2,1H3,(H,24,28)(H,25,27). The zero-order valence-electron chi connectivity index (χ0n) is 16.6. The van der Waals surface area contributed by atoms with Crippen molar-refractivity contribution >= 4 is 23.4 Å². The maximum atomic E-state index is 12.8. The lowest BCUT2D eigenvalue weighted by atomic mass is 10.2. The average molecular weight is 405 g/mol. The van der Waals surface area contributed by atoms with E-state index in [4.69, 9.17) is 4.42 Å². The molecular weight excluding hydrogens is 382 g/mol. The minimum atomic E-state index is -0.440. The number of anilines is 1. The van der Waals surface area contributed by atoms with Gasteiger partial charge in [-0.2, -0.15) is 0 Å². The molecule has 0 atom stereocenters. The summed E-state index contributed by atoms with van der Waals surface area (Å²) in [7, 11) is 0. The van der Waals surface area contributed by atoms with E-state index in [1.807, 2.05) is 31.2 Å². The highest BCUT2D eigenvalue weighted by atomic mass is 16.3. The maximum Gasteiger partial charge on any atom is 0.254 e. The van der Waals surface area contributed by atoms with Gasteiger partial charge in [0.05, 0.1) is 19.4 Å². The van der Waals surface area contributed by atoms with Gasteiger partial charge in [0.15, 0.2) is 0 Å². The summed E-state index contributed by atoms with van der Waals surface area (Å²) in [6, 6.07) is 19.5. The molecule has 0 aliphatic heterocycles. The highest BCUT2D eigenvalue weighted by Crippen LogP contribution is 2.11. The number of nitrogens with one attached hydrogen (secondary N) is 2. The first-order valence-corrected chi connectivity index (χ1v) is 9.51. The molecule has 0 radical (unpaired) electrons. The number of hydrogen-bond donors (Lipinski definition) is 2. The molecule has 0 saturated carbocycles. The fourth-order valence-electron chi connectivity index (χ4n) is 2.89. The molecule has 0 saturated heterocycles. The fraction of sp³-hybridized carbons (Fsp3) is 0.174. The predicted molar refractivity (Wildman–Crippen MR) is 113 cm³/mol. The first-order chi connectivity index (χ1) is 14.5. The molecule has 0 fully saturated rings. The Balaban J connectivity index is 1.58. The molecule has 0 aliphatic rings. The number of nitrogens with zero attached hydrogens (tertiary/aromatic N) is 1. The maximum absolute atomic E-state index is 12.8. The summed E-state index contributed by atoms with van der Waals surface area (Å²) in [4.78, 5) is 38.7. The monoisotopic (exact) mass is 405 g/mol. The van der Waals surface area contributed by atoms with Gasteiger partial charge in [0.25, 0.3) is 5.91 Å². The summed E-state index contributed by atoms with van der Waals surface area (Å²) < 4.78 is 5.32. The van der Waals surface area contributed by atoms with E-state index in [1.54, 1.807) is 42.5 Å². The van der Waals surface area contributed by atoms with Crippen molar-refractivity contribution in [3.8, 4) is 0 Å². The molecule has 1 heterocycles. The molecule has 3 amide bonds. The normalized spacial score (nSPS) is 10.3. The van der Waals surface area contributed by atoms with E-state index >= 15 is 0 Å². The van der Waals surface area contributed by atoms with Crippen molar-refractivity contribution in [3.63, 3.8) is 0 Å². The van der Waals surface area contributed by atoms with E-state index in [0.717, 1.165) is 5.56 Å². The first kappa shape index (κ1) is 20.9. The molecule has 7 nitrogen and oxygen atoms in total. The van der Waals surface area contributed by atoms with E-state index in [2.05, 4.69) is 10.6 Å². The van der Waals surface area contributed by atoms with Crippen LogP contribution in [0.3, 0.4) is 0 Å². The average Bonchev–Trinajstić information content (AvgIpc) is 3.25. The molecule has 7 heteroatoms. The van der Waals surface area contributed by atoms with Crippen LogP contribution in [0.15, 0.2) is 77.4 Å². The number of aryl methyl sites for hydroxylation is 1. The van der Waals surface area contributed by atoms with Crippen LogP contribution < -0.4 is 10.6 Å². The van der Waals surface area contributed by atoms with Crippen LogP contribution in [0.25, 0.3) is 0 Å². The number of rotatable bonds is 8. The number of amides is 3. The van der Waals surface area contributed by atoms with E-state index in [1.165, 1.54) is 11.2 Å². The summed E-state index contributed by atoms with van der Waals surface area (Å²) in [5.74, 6) is -0.526. The highest BCUT2D eigenvalue weighted by Gasteiger charge is 2.20. The van der Waals surface area contributed by atoms with Gasteiger partial charge < -0.3 is 20.0 Å². The molecule has 30 heavy (non-hydrogen) atoms. The van der Waals surface area contributed by atoms with Gasteiger partial charge in [0.1, 0.15) is 12.3 Å². The van der Waals surface area contributed by atoms with Crippen molar-refractivity contribution in [3.05, 3.63) is 89.9 Å². The Bertz CT molecular complexity index is 1000. The van der Waals surface area contributed by atoms with Gasteiger partial charge in [-0.15, -0.1) is 0 Å². The van der Waals surface area contributed by atoms with Crippen LogP contribution in [0.4, 0.5) is 5.69 Å². The molecule has 2 aromatic carbocycles. The van der Waals surface area contributed by atoms with Crippen LogP contribution in [0, 0.1) is 6.92 Å². The second-order valence-corrected chi connectivity index (χ2v) is 6.80. The van der Waals surface area contributed by atoms with Crippen LogP contribution in [-0.2, 0) is 16.1 Å². The third kappa shape index (κ3) is 6.07. The fourth-order valence-corrected chi connectivity index (χ4v) is 2.89. The Kier molecular flexibility index (Phi) is 7.00. The van der Waals surface area contributed by atoms with Gasteiger partial charge in [-0.1, -0.05) is 30.3 Å². The van der Waals surface area contributed by atoms with Gasteiger partial charge in [-0.05, 0) is 48.9 Å². The van der Waals surface area contributed by atoms with E-state index < -0.39 is 5.91 Å². The minimum Gasteiger partial charge on any atom is -0.467 e. The van der Waals surface area contributed by atoms with Crippen LogP contribution in [0.2, 0.25) is 0 Å². The summed E-state index contributed by atoms with van der Waals surface area (Å²) >= 11 is 0. The van der Waals surface area contributed by atoms with Crippen molar-refractivity contribution < 1.29 is 18.8 Å². The van der Waals surface area contributed by atoms with E-state index in [9.17, 15) is 14.4 Å². The van der Waals surface area contributed by atoms with Crippen molar-refractivity contribution in [1.29, 1.82) is 0 Å². The Hall–Kier alpha value is -3.87. The van der Waals surface area contributed by atoms with Gasteiger partial charge in [0, 0.05) is 11.3 Å². The lowest BCUT2D eigenvalue weighted by molar-refractivity contribution is -0.124. The molecule has 3 aromatic rings. The topological polar surface area (TPSA) is 91.7 Å². The summed E-state index contributed by atoms with van der Waals surface area (Å²) in [6.45, 7) is 1.67. The SMILES string of the molecule is Cc1cccc(NC(=O)CNC(=O)CN(Cc2ccco2)C(=O)c2ccccc2)c1. The van der Waals surface area contributed by atoms with E-state index in [-0.39, 0.29) is 31.4 Å². The molecule has 0 aliphatic carbocycles. The molecule has 154 valence electrons. The number of carbonyl (C=O) groups excluding carboxylic acids is 3. The van der Waals surface area contributed by atoms with Crippen LogP contribution in [0.1, 0.15) is 21.7 Å². The molecular formula is C23H23N3O4. The molecule has 0 bridgehead atoms. The third-order valence-corrected chi connectivity index (χ3v) is 4.32. The third-order valence-electron chi connectivity index (χ3n) is 4.32. The number of furan rings is 1. The second-order valence-electron chi connectivity index (χ2n) is 6.80. The van der Waals surface area contributed by atoms with Crippen molar-refractivity contribution in [2.75, 3.05) is 18.4 Å². The van der Waals surface area contributed by atoms with Gasteiger partial charge in [-0.25, -0.2) is 0 Å². The first-order valence-electron chi connectivity index (χ1n) is 9.51. The van der Waals surface area contributed by atoms with Crippen LogP contribution in [0.5, 0.6) is 0 Å². The zero-order chi connectivity index (χ0) is 21.3. The lowest BCUT2D eigenvalue weighted by Crippen LogP contribution is -2.42. The summed E-state index contributed by atoms with van der Waals surface area (Å²) in [5, 5.41) is 5.29.